The molecule has 0 atom stereocenters. The molecule has 0 unspecified atom stereocenters. The second kappa shape index (κ2) is 5.77. The molecule has 98 valence electrons. The molecule has 0 bridgehead atoms. The van der Waals surface area contributed by atoms with Gasteiger partial charge in [0, 0.05) is 18.1 Å². The topological polar surface area (TPSA) is 12.0 Å². The van der Waals surface area contributed by atoms with Crippen molar-refractivity contribution in [2.45, 2.75) is 31.8 Å². The third-order valence-corrected chi connectivity index (χ3v) is 3.97. The van der Waals surface area contributed by atoms with Gasteiger partial charge in [-0.15, -0.1) is 0 Å². The fraction of sp³-hybridized carbons (Fsp3) is 0.294. The predicted molar refractivity (Wildman–Crippen MR) is 80.4 cm³/mol. The zero-order valence-electron chi connectivity index (χ0n) is 10.9. The van der Waals surface area contributed by atoms with E-state index in [9.17, 15) is 0 Å². The van der Waals surface area contributed by atoms with Crippen molar-refractivity contribution in [2.75, 3.05) is 0 Å². The van der Waals surface area contributed by atoms with Gasteiger partial charge in [-0.2, -0.15) is 0 Å². The van der Waals surface area contributed by atoms with Crippen LogP contribution in [-0.4, -0.2) is 0 Å². The van der Waals surface area contributed by atoms with Crippen molar-refractivity contribution in [3.05, 3.63) is 70.2 Å². The van der Waals surface area contributed by atoms with E-state index in [4.69, 9.17) is 11.6 Å². The van der Waals surface area contributed by atoms with E-state index in [1.807, 2.05) is 18.2 Å². The standard InChI is InChI=1S/C17H18ClN/c18-17-7-2-1-5-16(17)12-19-11-13-4-3-6-15(10-13)14-8-9-14/h1-7,10,14,19H,8-9,11-12H2. The van der Waals surface area contributed by atoms with E-state index < -0.39 is 0 Å². The minimum atomic E-state index is 0.813. The van der Waals surface area contributed by atoms with E-state index in [1.54, 1.807) is 0 Å². The smallest absolute Gasteiger partial charge is 0.0450 e. The maximum absolute atomic E-state index is 6.14. The SMILES string of the molecule is Clc1ccccc1CNCc1cccc(C2CC2)c1. The Morgan fingerprint density at radius 2 is 1.84 bits per heavy atom. The highest BCUT2D eigenvalue weighted by atomic mass is 35.5. The molecule has 1 N–H and O–H groups in total. The van der Waals surface area contributed by atoms with Crippen LogP contribution in [0.1, 0.15) is 35.4 Å². The molecule has 0 radical (unpaired) electrons. The van der Waals surface area contributed by atoms with Crippen LogP contribution in [0, 0.1) is 0 Å². The molecule has 0 amide bonds. The number of hydrogen-bond acceptors (Lipinski definition) is 1. The van der Waals surface area contributed by atoms with E-state index in [0.29, 0.717) is 0 Å². The van der Waals surface area contributed by atoms with E-state index in [2.05, 4.69) is 35.6 Å². The Labute approximate surface area is 119 Å². The number of rotatable bonds is 5. The van der Waals surface area contributed by atoms with Gasteiger partial charge in [-0.1, -0.05) is 54.1 Å². The van der Waals surface area contributed by atoms with Crippen LogP contribution in [-0.2, 0) is 13.1 Å². The van der Waals surface area contributed by atoms with Crippen molar-refractivity contribution >= 4 is 11.6 Å². The van der Waals surface area contributed by atoms with E-state index in [-0.39, 0.29) is 0 Å². The van der Waals surface area contributed by atoms with E-state index in [0.717, 1.165) is 29.6 Å². The average molecular weight is 272 g/mol. The van der Waals surface area contributed by atoms with Gasteiger partial charge in [-0.25, -0.2) is 0 Å². The first kappa shape index (κ1) is 12.7. The molecule has 0 aromatic heterocycles. The van der Waals surface area contributed by atoms with Gasteiger partial charge in [0.25, 0.3) is 0 Å². The van der Waals surface area contributed by atoms with Crippen molar-refractivity contribution in [3.63, 3.8) is 0 Å². The van der Waals surface area contributed by atoms with Gasteiger partial charge in [0.15, 0.2) is 0 Å². The minimum absolute atomic E-state index is 0.813. The van der Waals surface area contributed by atoms with Crippen LogP contribution in [0.25, 0.3) is 0 Å². The first-order valence-corrected chi connectivity index (χ1v) is 7.24. The van der Waals surface area contributed by atoms with Crippen LogP contribution < -0.4 is 5.32 Å². The molecule has 19 heavy (non-hydrogen) atoms. The lowest BCUT2D eigenvalue weighted by molar-refractivity contribution is 0.693. The molecule has 1 nitrogen and oxygen atoms in total. The lowest BCUT2D eigenvalue weighted by Crippen LogP contribution is -2.13. The third-order valence-electron chi connectivity index (χ3n) is 3.60. The second-order valence-corrected chi connectivity index (χ2v) is 5.62. The molecule has 0 spiro atoms. The predicted octanol–water partition coefficient (Wildman–Crippen LogP) is 4.51. The molecule has 2 aromatic carbocycles. The Kier molecular flexibility index (Phi) is 3.86. The monoisotopic (exact) mass is 271 g/mol. The van der Waals surface area contributed by atoms with E-state index in [1.165, 1.54) is 24.0 Å². The van der Waals surface area contributed by atoms with Gasteiger partial charge < -0.3 is 5.32 Å². The summed E-state index contributed by atoms with van der Waals surface area (Å²) in [6.45, 7) is 1.71. The summed E-state index contributed by atoms with van der Waals surface area (Å²) in [5.41, 5.74) is 4.01. The fourth-order valence-electron chi connectivity index (χ4n) is 2.36. The molecular weight excluding hydrogens is 254 g/mol. The van der Waals surface area contributed by atoms with E-state index >= 15 is 0 Å². The summed E-state index contributed by atoms with van der Waals surface area (Å²) in [5.74, 6) is 0.823. The van der Waals surface area contributed by atoms with Crippen LogP contribution in [0.3, 0.4) is 0 Å². The van der Waals surface area contributed by atoms with Gasteiger partial charge >= 0.3 is 0 Å². The highest BCUT2D eigenvalue weighted by Crippen LogP contribution is 2.40. The number of nitrogens with one attached hydrogen (secondary N) is 1. The zero-order valence-corrected chi connectivity index (χ0v) is 11.7. The molecule has 1 aliphatic carbocycles. The van der Waals surface area contributed by atoms with Crippen molar-refractivity contribution in [3.8, 4) is 0 Å². The highest BCUT2D eigenvalue weighted by molar-refractivity contribution is 6.31. The lowest BCUT2D eigenvalue weighted by atomic mass is 10.1. The molecule has 2 heteroatoms. The molecule has 2 aromatic rings. The van der Waals surface area contributed by atoms with Crippen LogP contribution in [0.4, 0.5) is 0 Å². The average Bonchev–Trinajstić information content (AvgIpc) is 3.26. The Balaban J connectivity index is 1.57. The summed E-state index contributed by atoms with van der Waals surface area (Å²) in [5, 5.41) is 4.30. The summed E-state index contributed by atoms with van der Waals surface area (Å²) in [7, 11) is 0. The van der Waals surface area contributed by atoms with Crippen molar-refractivity contribution in [1.29, 1.82) is 0 Å². The van der Waals surface area contributed by atoms with Crippen molar-refractivity contribution in [2.24, 2.45) is 0 Å². The second-order valence-electron chi connectivity index (χ2n) is 5.21. The number of hydrogen-bond donors (Lipinski definition) is 1. The van der Waals surface area contributed by atoms with Gasteiger partial charge in [0.2, 0.25) is 0 Å². The highest BCUT2D eigenvalue weighted by Gasteiger charge is 2.23. The number of halogens is 1. The summed E-state index contributed by atoms with van der Waals surface area (Å²) >= 11 is 6.14. The Morgan fingerprint density at radius 1 is 1.00 bits per heavy atom. The molecule has 1 saturated carbocycles. The molecule has 0 heterocycles. The fourth-order valence-corrected chi connectivity index (χ4v) is 2.56. The number of benzene rings is 2. The molecule has 1 aliphatic rings. The molecule has 3 rings (SSSR count). The first-order valence-electron chi connectivity index (χ1n) is 6.86. The van der Waals surface area contributed by atoms with Crippen LogP contribution in [0.5, 0.6) is 0 Å². The van der Waals surface area contributed by atoms with Crippen molar-refractivity contribution in [1.82, 2.24) is 5.32 Å². The van der Waals surface area contributed by atoms with Crippen LogP contribution in [0.15, 0.2) is 48.5 Å². The summed E-state index contributed by atoms with van der Waals surface area (Å²) in [6, 6.07) is 16.9. The maximum Gasteiger partial charge on any atom is 0.0450 e. The van der Waals surface area contributed by atoms with Crippen LogP contribution >= 0.6 is 11.6 Å². The van der Waals surface area contributed by atoms with Gasteiger partial charge in [0.05, 0.1) is 0 Å². The normalized spacial score (nSPS) is 14.6. The van der Waals surface area contributed by atoms with Gasteiger partial charge in [-0.3, -0.25) is 0 Å². The quantitative estimate of drug-likeness (QED) is 0.844. The Morgan fingerprint density at radius 3 is 2.63 bits per heavy atom. The maximum atomic E-state index is 6.14. The third kappa shape index (κ3) is 3.37. The van der Waals surface area contributed by atoms with Gasteiger partial charge in [-0.05, 0) is 41.5 Å². The Hall–Kier alpha value is -1.31. The molecule has 1 fully saturated rings. The zero-order chi connectivity index (χ0) is 13.1. The lowest BCUT2D eigenvalue weighted by Gasteiger charge is -2.08. The largest absolute Gasteiger partial charge is 0.309 e. The summed E-state index contributed by atoms with van der Waals surface area (Å²) in [4.78, 5) is 0. The van der Waals surface area contributed by atoms with Gasteiger partial charge in [0.1, 0.15) is 0 Å². The minimum Gasteiger partial charge on any atom is -0.309 e. The molecular formula is C17H18ClN. The van der Waals surface area contributed by atoms with Crippen LogP contribution in [0.2, 0.25) is 5.02 Å². The molecule has 0 saturated heterocycles. The Bertz CT molecular complexity index is 561. The molecule has 0 aliphatic heterocycles. The first-order chi connectivity index (χ1) is 9.33. The van der Waals surface area contributed by atoms with Crippen molar-refractivity contribution < 1.29 is 0 Å². The summed E-state index contributed by atoms with van der Waals surface area (Å²) in [6.07, 6.45) is 2.72. The summed E-state index contributed by atoms with van der Waals surface area (Å²) < 4.78 is 0.